The molecule has 0 spiro atoms. The van der Waals surface area contributed by atoms with Crippen molar-refractivity contribution in [2.45, 2.75) is 38.1 Å². The highest BCUT2D eigenvalue weighted by Crippen LogP contribution is 2.20. The molecule has 2 aromatic heterocycles. The Labute approximate surface area is 220 Å². The molecule has 3 heterocycles. The average molecular weight is 514 g/mol. The summed E-state index contributed by atoms with van der Waals surface area (Å²) in [6.07, 6.45) is 5.73. The van der Waals surface area contributed by atoms with Crippen molar-refractivity contribution in [1.29, 1.82) is 0 Å². The van der Waals surface area contributed by atoms with E-state index in [1.807, 2.05) is 35.9 Å². The van der Waals surface area contributed by atoms with Crippen molar-refractivity contribution < 1.29 is 19.4 Å². The number of carboxylic acids is 1. The van der Waals surface area contributed by atoms with Crippen LogP contribution in [0.2, 0.25) is 0 Å². The minimum atomic E-state index is -1.09. The number of amides is 1. The number of benzene rings is 2. The molecule has 1 atom stereocenters. The monoisotopic (exact) mass is 513 g/mol. The lowest BCUT2D eigenvalue weighted by molar-refractivity contribution is -0.139. The fourth-order valence-corrected chi connectivity index (χ4v) is 4.63. The topological polar surface area (TPSA) is 118 Å². The quantitative estimate of drug-likeness (QED) is 0.276. The third-order valence-electron chi connectivity index (χ3n) is 6.75. The van der Waals surface area contributed by atoms with Crippen molar-refractivity contribution in [3.63, 3.8) is 0 Å². The van der Waals surface area contributed by atoms with Crippen LogP contribution in [0.4, 0.5) is 5.82 Å². The third-order valence-corrected chi connectivity index (χ3v) is 6.75. The molecule has 0 aliphatic carbocycles. The molecule has 0 unspecified atom stereocenters. The van der Waals surface area contributed by atoms with Gasteiger partial charge in [0.25, 0.3) is 5.91 Å². The Morgan fingerprint density at radius 3 is 2.82 bits per heavy atom. The summed E-state index contributed by atoms with van der Waals surface area (Å²) in [5.41, 5.74) is 5.07. The van der Waals surface area contributed by atoms with Crippen molar-refractivity contribution in [3.05, 3.63) is 83.3 Å². The molecule has 3 N–H and O–H groups in total. The number of ether oxygens (including phenoxy) is 1. The maximum atomic E-state index is 12.7. The highest BCUT2D eigenvalue weighted by molar-refractivity contribution is 5.99. The summed E-state index contributed by atoms with van der Waals surface area (Å²) in [4.78, 5) is 33.6. The Kier molecular flexibility index (Phi) is 7.53. The number of aliphatic carboxylic acids is 1. The molecule has 1 amide bonds. The van der Waals surface area contributed by atoms with Crippen LogP contribution in [0.5, 0.6) is 5.75 Å². The number of aryl methyl sites for hydroxylation is 3. The predicted molar refractivity (Wildman–Crippen MR) is 145 cm³/mol. The van der Waals surface area contributed by atoms with Gasteiger partial charge in [-0.05, 0) is 73.2 Å². The van der Waals surface area contributed by atoms with Gasteiger partial charge in [0, 0.05) is 31.3 Å². The largest absolute Gasteiger partial charge is 0.494 e. The lowest BCUT2D eigenvalue weighted by atomic mass is 10.0. The zero-order valence-corrected chi connectivity index (χ0v) is 21.3. The smallest absolute Gasteiger partial charge is 0.326 e. The maximum absolute atomic E-state index is 12.7. The average Bonchev–Trinajstić information content (AvgIpc) is 3.31. The van der Waals surface area contributed by atoms with Crippen LogP contribution in [0.15, 0.2) is 60.9 Å². The minimum Gasteiger partial charge on any atom is -0.494 e. The van der Waals surface area contributed by atoms with Gasteiger partial charge in [-0.3, -0.25) is 4.79 Å². The molecular weight excluding hydrogens is 482 g/mol. The standard InChI is InChI=1S/C29H31N5O4/c1-34-18-31-24-17-21(9-13-26(24)34)28(35)33-25(29(36)37)16-19-6-11-23(12-7-19)38-15-3-5-22-10-8-20-4-2-14-30-27(20)32-22/h6-13,17-18,25H,2-5,14-16H2,1H3,(H,30,32)(H,33,35)(H,36,37)/t25-/m0/s1. The fourth-order valence-electron chi connectivity index (χ4n) is 4.63. The van der Waals surface area contributed by atoms with E-state index in [1.165, 1.54) is 5.56 Å². The summed E-state index contributed by atoms with van der Waals surface area (Å²) in [7, 11) is 1.87. The second-order valence-corrected chi connectivity index (χ2v) is 9.56. The lowest BCUT2D eigenvalue weighted by Gasteiger charge is -2.17. The van der Waals surface area contributed by atoms with E-state index in [0.29, 0.717) is 23.4 Å². The van der Waals surface area contributed by atoms with E-state index in [-0.39, 0.29) is 6.42 Å². The van der Waals surface area contributed by atoms with Gasteiger partial charge in [-0.1, -0.05) is 18.2 Å². The molecule has 1 aliphatic rings. The summed E-state index contributed by atoms with van der Waals surface area (Å²) in [5, 5.41) is 15.7. The first kappa shape index (κ1) is 25.3. The molecular formula is C29H31N5O4. The van der Waals surface area contributed by atoms with Crippen molar-refractivity contribution in [3.8, 4) is 5.75 Å². The van der Waals surface area contributed by atoms with Gasteiger partial charge in [0.1, 0.15) is 17.6 Å². The molecule has 0 saturated carbocycles. The van der Waals surface area contributed by atoms with Crippen LogP contribution in [-0.4, -0.2) is 50.7 Å². The first-order valence-electron chi connectivity index (χ1n) is 12.9. The van der Waals surface area contributed by atoms with Crippen LogP contribution < -0.4 is 15.4 Å². The Hall–Kier alpha value is -4.40. The van der Waals surface area contributed by atoms with E-state index in [4.69, 9.17) is 9.72 Å². The number of aromatic nitrogens is 3. The molecule has 0 radical (unpaired) electrons. The maximum Gasteiger partial charge on any atom is 0.326 e. The van der Waals surface area contributed by atoms with Gasteiger partial charge in [-0.2, -0.15) is 0 Å². The van der Waals surface area contributed by atoms with E-state index >= 15 is 0 Å². The Morgan fingerprint density at radius 1 is 1.16 bits per heavy atom. The van der Waals surface area contributed by atoms with Crippen LogP contribution in [0.3, 0.4) is 0 Å². The van der Waals surface area contributed by atoms with Gasteiger partial charge in [-0.15, -0.1) is 0 Å². The summed E-state index contributed by atoms with van der Waals surface area (Å²) in [6.45, 7) is 1.53. The van der Waals surface area contributed by atoms with E-state index < -0.39 is 17.9 Å². The Bertz CT molecular complexity index is 1450. The Morgan fingerprint density at radius 2 is 2.00 bits per heavy atom. The van der Waals surface area contributed by atoms with Crippen molar-refractivity contribution in [2.24, 2.45) is 7.05 Å². The number of carbonyl (C=O) groups excluding carboxylic acids is 1. The molecule has 9 nitrogen and oxygen atoms in total. The van der Waals surface area contributed by atoms with Gasteiger partial charge in [0.15, 0.2) is 0 Å². The first-order valence-corrected chi connectivity index (χ1v) is 12.9. The second-order valence-electron chi connectivity index (χ2n) is 9.56. The summed E-state index contributed by atoms with van der Waals surface area (Å²) in [6, 6.07) is 15.6. The molecule has 0 fully saturated rings. The molecule has 5 rings (SSSR count). The normalized spacial score (nSPS) is 13.4. The predicted octanol–water partition coefficient (Wildman–Crippen LogP) is 3.76. The van der Waals surface area contributed by atoms with Crippen molar-refractivity contribution in [2.75, 3.05) is 18.5 Å². The minimum absolute atomic E-state index is 0.158. The highest BCUT2D eigenvalue weighted by Gasteiger charge is 2.21. The zero-order chi connectivity index (χ0) is 26.5. The first-order chi connectivity index (χ1) is 18.5. The van der Waals surface area contributed by atoms with E-state index in [9.17, 15) is 14.7 Å². The highest BCUT2D eigenvalue weighted by atomic mass is 16.5. The number of hydrogen-bond acceptors (Lipinski definition) is 6. The van der Waals surface area contributed by atoms with Crippen molar-refractivity contribution in [1.82, 2.24) is 19.9 Å². The molecule has 4 aromatic rings. The lowest BCUT2D eigenvalue weighted by Crippen LogP contribution is -2.42. The number of hydrogen-bond donors (Lipinski definition) is 3. The van der Waals surface area contributed by atoms with Gasteiger partial charge in [-0.25, -0.2) is 14.8 Å². The number of nitrogens with one attached hydrogen (secondary N) is 2. The van der Waals surface area contributed by atoms with Gasteiger partial charge < -0.3 is 25.0 Å². The summed E-state index contributed by atoms with van der Waals surface area (Å²) >= 11 is 0. The van der Waals surface area contributed by atoms with Crippen LogP contribution in [0, 0.1) is 0 Å². The second kappa shape index (κ2) is 11.3. The summed E-state index contributed by atoms with van der Waals surface area (Å²) in [5.74, 6) is 0.182. The number of fused-ring (bicyclic) bond motifs is 2. The number of nitrogens with zero attached hydrogens (tertiary/aromatic N) is 3. The van der Waals surface area contributed by atoms with Crippen LogP contribution in [-0.2, 0) is 31.1 Å². The van der Waals surface area contributed by atoms with E-state index in [1.54, 1.807) is 24.5 Å². The number of rotatable bonds is 10. The molecule has 0 saturated heterocycles. The number of anilines is 1. The molecule has 1 aliphatic heterocycles. The molecule has 0 bridgehead atoms. The molecule has 196 valence electrons. The summed E-state index contributed by atoms with van der Waals surface area (Å²) < 4.78 is 7.73. The number of pyridine rings is 1. The number of imidazole rings is 1. The van der Waals surface area contributed by atoms with E-state index in [2.05, 4.69) is 27.8 Å². The third kappa shape index (κ3) is 5.94. The fraction of sp³-hybridized carbons (Fsp3) is 0.310. The van der Waals surface area contributed by atoms with E-state index in [0.717, 1.165) is 54.8 Å². The van der Waals surface area contributed by atoms with Gasteiger partial charge in [0.2, 0.25) is 0 Å². The van der Waals surface area contributed by atoms with Crippen molar-refractivity contribution >= 4 is 28.7 Å². The van der Waals surface area contributed by atoms with Gasteiger partial charge in [0.05, 0.1) is 24.0 Å². The SMILES string of the molecule is Cn1cnc2cc(C(=O)N[C@@H](Cc3ccc(OCCCc4ccc5c(n4)NCCC5)cc3)C(=O)O)ccc21. The number of carboxylic acid groups (broad SMARTS) is 1. The number of carbonyl (C=O) groups is 2. The van der Waals surface area contributed by atoms with Crippen LogP contribution in [0.1, 0.15) is 40.0 Å². The van der Waals surface area contributed by atoms with Crippen LogP contribution >= 0.6 is 0 Å². The van der Waals surface area contributed by atoms with Gasteiger partial charge >= 0.3 is 5.97 Å². The molecule has 9 heteroatoms. The molecule has 38 heavy (non-hydrogen) atoms. The Balaban J connectivity index is 1.11. The zero-order valence-electron chi connectivity index (χ0n) is 21.3. The molecule has 2 aromatic carbocycles. The van der Waals surface area contributed by atoms with Crippen LogP contribution in [0.25, 0.3) is 11.0 Å².